The summed E-state index contributed by atoms with van der Waals surface area (Å²) in [5.74, 6) is 0. The van der Waals surface area contributed by atoms with E-state index in [9.17, 15) is 0 Å². The first-order valence-electron chi connectivity index (χ1n) is 10.1. The summed E-state index contributed by atoms with van der Waals surface area (Å²) in [6.07, 6.45) is 17.0. The number of hydrogen-bond donors (Lipinski definition) is 1. The summed E-state index contributed by atoms with van der Waals surface area (Å²) in [6, 6.07) is 9.01. The van der Waals surface area contributed by atoms with Crippen LogP contribution in [0.25, 0.3) is 0 Å². The molecule has 1 aromatic rings. The van der Waals surface area contributed by atoms with Crippen molar-refractivity contribution in [1.82, 2.24) is 0 Å². The molecule has 2 heteroatoms. The second-order valence-electron chi connectivity index (χ2n) is 7.44. The van der Waals surface area contributed by atoms with Crippen LogP contribution in [0.15, 0.2) is 24.3 Å². The van der Waals surface area contributed by atoms with E-state index < -0.39 is 0 Å². The van der Waals surface area contributed by atoms with Crippen LogP contribution in [0.2, 0.25) is 0 Å². The highest BCUT2D eigenvalue weighted by Gasteiger charge is 2.04. The molecule has 0 saturated heterocycles. The van der Waals surface area contributed by atoms with Crippen molar-refractivity contribution in [2.45, 2.75) is 90.5 Å². The SMILES string of the molecule is CCCCCCCCCCCCCc1ccccc1C[NH+](C)C.[Cl-]. The third-order valence-corrected chi connectivity index (χ3v) is 4.71. The lowest BCUT2D eigenvalue weighted by atomic mass is 10.00. The number of nitrogens with one attached hydrogen (secondary N) is 1. The average Bonchev–Trinajstić information content (AvgIpc) is 2.53. The zero-order chi connectivity index (χ0) is 16.8. The van der Waals surface area contributed by atoms with E-state index in [2.05, 4.69) is 45.3 Å². The Balaban J connectivity index is 0.00000529. The van der Waals surface area contributed by atoms with Crippen LogP contribution in [0.5, 0.6) is 0 Å². The third kappa shape index (κ3) is 11.9. The average molecular weight is 354 g/mol. The van der Waals surface area contributed by atoms with Crippen LogP contribution in [-0.2, 0) is 13.0 Å². The van der Waals surface area contributed by atoms with Gasteiger partial charge in [0.05, 0.1) is 14.1 Å². The first-order chi connectivity index (χ1) is 11.2. The van der Waals surface area contributed by atoms with Crippen LogP contribution >= 0.6 is 0 Å². The van der Waals surface area contributed by atoms with E-state index in [0.29, 0.717) is 0 Å². The smallest absolute Gasteiger partial charge is 0.103 e. The van der Waals surface area contributed by atoms with Crippen molar-refractivity contribution in [2.75, 3.05) is 14.1 Å². The fourth-order valence-electron chi connectivity index (χ4n) is 3.33. The van der Waals surface area contributed by atoms with Crippen LogP contribution in [0, 0.1) is 0 Å². The molecule has 0 heterocycles. The minimum absolute atomic E-state index is 0. The highest BCUT2D eigenvalue weighted by atomic mass is 35.5. The lowest BCUT2D eigenvalue weighted by Gasteiger charge is -2.12. The number of aryl methyl sites for hydroxylation is 1. The van der Waals surface area contributed by atoms with Crippen molar-refractivity contribution in [3.05, 3.63) is 35.4 Å². The Kier molecular flexibility index (Phi) is 15.6. The van der Waals surface area contributed by atoms with Gasteiger partial charge >= 0.3 is 0 Å². The molecule has 1 nitrogen and oxygen atoms in total. The van der Waals surface area contributed by atoms with E-state index in [0.717, 1.165) is 6.54 Å². The summed E-state index contributed by atoms with van der Waals surface area (Å²) in [6.45, 7) is 3.44. The highest BCUT2D eigenvalue weighted by Crippen LogP contribution is 2.15. The number of halogens is 1. The van der Waals surface area contributed by atoms with E-state index in [4.69, 9.17) is 0 Å². The molecule has 140 valence electrons. The Morgan fingerprint density at radius 1 is 0.667 bits per heavy atom. The Hall–Kier alpha value is -0.530. The molecule has 0 bridgehead atoms. The Morgan fingerprint density at radius 2 is 1.12 bits per heavy atom. The number of unbranched alkanes of at least 4 members (excludes halogenated alkanes) is 10. The number of benzene rings is 1. The van der Waals surface area contributed by atoms with Gasteiger partial charge in [-0.3, -0.25) is 0 Å². The summed E-state index contributed by atoms with van der Waals surface area (Å²) in [5.41, 5.74) is 3.12. The summed E-state index contributed by atoms with van der Waals surface area (Å²) < 4.78 is 0. The van der Waals surface area contributed by atoms with Crippen molar-refractivity contribution in [3.63, 3.8) is 0 Å². The molecule has 0 aliphatic heterocycles. The van der Waals surface area contributed by atoms with E-state index in [-0.39, 0.29) is 12.4 Å². The van der Waals surface area contributed by atoms with E-state index in [1.54, 1.807) is 11.1 Å². The molecule has 0 aliphatic rings. The summed E-state index contributed by atoms with van der Waals surface area (Å²) >= 11 is 0. The second kappa shape index (κ2) is 16.0. The fourth-order valence-corrected chi connectivity index (χ4v) is 3.33. The van der Waals surface area contributed by atoms with Crippen LogP contribution in [-0.4, -0.2) is 14.1 Å². The quantitative estimate of drug-likeness (QED) is 0.489. The molecule has 0 unspecified atom stereocenters. The minimum Gasteiger partial charge on any atom is -1.00 e. The maximum atomic E-state index is 2.33. The summed E-state index contributed by atoms with van der Waals surface area (Å²) in [7, 11) is 4.47. The van der Waals surface area contributed by atoms with Crippen molar-refractivity contribution in [2.24, 2.45) is 0 Å². The van der Waals surface area contributed by atoms with Crippen molar-refractivity contribution in [1.29, 1.82) is 0 Å². The molecular weight excluding hydrogens is 314 g/mol. The lowest BCUT2D eigenvalue weighted by Crippen LogP contribution is -3.04. The predicted octanol–water partition coefficient (Wildman–Crippen LogP) is 2.19. The van der Waals surface area contributed by atoms with E-state index in [1.165, 1.54) is 81.9 Å². The van der Waals surface area contributed by atoms with Crippen LogP contribution < -0.4 is 17.3 Å². The predicted molar refractivity (Wildman–Crippen MR) is 103 cm³/mol. The fraction of sp³-hybridized carbons (Fsp3) is 0.727. The molecule has 0 saturated carbocycles. The highest BCUT2D eigenvalue weighted by molar-refractivity contribution is 5.26. The van der Waals surface area contributed by atoms with E-state index >= 15 is 0 Å². The molecule has 0 spiro atoms. The van der Waals surface area contributed by atoms with Gasteiger partial charge in [-0.1, -0.05) is 95.4 Å². The topological polar surface area (TPSA) is 4.44 Å². The first-order valence-corrected chi connectivity index (χ1v) is 10.1. The zero-order valence-corrected chi connectivity index (χ0v) is 17.1. The molecule has 0 amide bonds. The maximum Gasteiger partial charge on any atom is 0.103 e. The van der Waals surface area contributed by atoms with Crippen molar-refractivity contribution < 1.29 is 17.3 Å². The maximum absolute atomic E-state index is 2.33. The number of hydrogen-bond acceptors (Lipinski definition) is 0. The second-order valence-corrected chi connectivity index (χ2v) is 7.44. The largest absolute Gasteiger partial charge is 1.00 e. The molecule has 24 heavy (non-hydrogen) atoms. The van der Waals surface area contributed by atoms with Gasteiger partial charge in [0.25, 0.3) is 0 Å². The zero-order valence-electron chi connectivity index (χ0n) is 16.4. The van der Waals surface area contributed by atoms with Gasteiger partial charge in [-0.2, -0.15) is 0 Å². The molecule has 0 aliphatic carbocycles. The van der Waals surface area contributed by atoms with Gasteiger partial charge < -0.3 is 17.3 Å². The monoisotopic (exact) mass is 353 g/mol. The Morgan fingerprint density at radius 3 is 1.62 bits per heavy atom. The van der Waals surface area contributed by atoms with Gasteiger partial charge in [-0.15, -0.1) is 0 Å². The van der Waals surface area contributed by atoms with Crippen LogP contribution in [0.1, 0.15) is 88.7 Å². The first kappa shape index (κ1) is 23.5. The van der Waals surface area contributed by atoms with Gasteiger partial charge in [0.15, 0.2) is 0 Å². The third-order valence-electron chi connectivity index (χ3n) is 4.71. The lowest BCUT2D eigenvalue weighted by molar-refractivity contribution is -0.872. The molecular formula is C22H40ClN. The molecule has 0 radical (unpaired) electrons. The van der Waals surface area contributed by atoms with Crippen LogP contribution in [0.3, 0.4) is 0 Å². The molecule has 0 aromatic heterocycles. The molecule has 1 rings (SSSR count). The Labute approximate surface area is 157 Å². The molecule has 0 fully saturated rings. The summed E-state index contributed by atoms with van der Waals surface area (Å²) in [4.78, 5) is 1.51. The normalized spacial score (nSPS) is 10.8. The van der Waals surface area contributed by atoms with Crippen LogP contribution in [0.4, 0.5) is 0 Å². The van der Waals surface area contributed by atoms with E-state index in [1.807, 2.05) is 0 Å². The van der Waals surface area contributed by atoms with Gasteiger partial charge in [-0.25, -0.2) is 0 Å². The standard InChI is InChI=1S/C22H39N.ClH/c1-4-5-6-7-8-9-10-11-12-13-14-17-21-18-15-16-19-22(21)20-23(2)3;/h15-16,18-19H,4-14,17,20H2,1-3H3;1H. The number of quaternary nitrogens is 1. The van der Waals surface area contributed by atoms with Gasteiger partial charge in [-0.05, 0) is 18.4 Å². The molecule has 1 N–H and O–H groups in total. The van der Waals surface area contributed by atoms with Crippen molar-refractivity contribution in [3.8, 4) is 0 Å². The molecule has 1 aromatic carbocycles. The van der Waals surface area contributed by atoms with Gasteiger partial charge in [0.1, 0.15) is 6.54 Å². The minimum atomic E-state index is 0. The van der Waals surface area contributed by atoms with Gasteiger partial charge in [0.2, 0.25) is 0 Å². The Bertz CT molecular complexity index is 389. The van der Waals surface area contributed by atoms with Crippen molar-refractivity contribution >= 4 is 0 Å². The summed E-state index contributed by atoms with van der Waals surface area (Å²) in [5, 5.41) is 0. The van der Waals surface area contributed by atoms with Gasteiger partial charge in [0, 0.05) is 5.56 Å². The number of rotatable bonds is 14. The molecule has 0 atom stereocenters.